The third-order valence-electron chi connectivity index (χ3n) is 3.79. The first-order chi connectivity index (χ1) is 10.2. The summed E-state index contributed by atoms with van der Waals surface area (Å²) in [5.74, 6) is 0.123. The van der Waals surface area contributed by atoms with Gasteiger partial charge in [0, 0.05) is 27.2 Å². The lowest BCUT2D eigenvalue weighted by Crippen LogP contribution is -2.37. The van der Waals surface area contributed by atoms with Crippen molar-refractivity contribution in [3.8, 4) is 0 Å². The van der Waals surface area contributed by atoms with E-state index in [0.717, 1.165) is 15.4 Å². The maximum atomic E-state index is 12.2. The van der Waals surface area contributed by atoms with Crippen LogP contribution in [0.15, 0.2) is 23.1 Å². The van der Waals surface area contributed by atoms with E-state index in [1.807, 2.05) is 6.92 Å². The van der Waals surface area contributed by atoms with Crippen molar-refractivity contribution in [1.82, 2.24) is 8.61 Å². The summed E-state index contributed by atoms with van der Waals surface area (Å²) in [6, 6.07) is 4.97. The van der Waals surface area contributed by atoms with Gasteiger partial charge in [0.2, 0.25) is 20.0 Å². The molecule has 0 radical (unpaired) electrons. The molecule has 1 aromatic rings. The summed E-state index contributed by atoms with van der Waals surface area (Å²) >= 11 is 0. The predicted octanol–water partition coefficient (Wildman–Crippen LogP) is 1.03. The minimum absolute atomic E-state index is 0.123. The molecule has 8 heteroatoms. The van der Waals surface area contributed by atoms with E-state index in [0.29, 0.717) is 19.4 Å². The molecule has 0 aromatic heterocycles. The highest BCUT2D eigenvalue weighted by Crippen LogP contribution is 2.25. The van der Waals surface area contributed by atoms with Gasteiger partial charge in [-0.1, -0.05) is 13.0 Å². The summed E-state index contributed by atoms with van der Waals surface area (Å²) < 4.78 is 51.4. The summed E-state index contributed by atoms with van der Waals surface area (Å²) in [6.45, 7) is 2.53. The van der Waals surface area contributed by atoms with Crippen LogP contribution in [0.3, 0.4) is 0 Å². The second-order valence-corrected chi connectivity index (χ2v) is 9.86. The smallest absolute Gasteiger partial charge is 0.212 e. The highest BCUT2D eigenvalue weighted by molar-refractivity contribution is 7.89. The zero-order valence-corrected chi connectivity index (χ0v) is 14.7. The molecular weight excluding hydrogens is 324 g/mol. The molecule has 1 aromatic carbocycles. The molecule has 0 saturated heterocycles. The van der Waals surface area contributed by atoms with Crippen LogP contribution in [0.25, 0.3) is 0 Å². The van der Waals surface area contributed by atoms with E-state index in [-0.39, 0.29) is 17.2 Å². The van der Waals surface area contributed by atoms with E-state index in [1.54, 1.807) is 18.2 Å². The van der Waals surface area contributed by atoms with Crippen LogP contribution in [0.1, 0.15) is 24.5 Å². The van der Waals surface area contributed by atoms with E-state index >= 15 is 0 Å². The molecule has 124 valence electrons. The largest absolute Gasteiger partial charge is 0.242 e. The van der Waals surface area contributed by atoms with Crippen molar-refractivity contribution in [2.75, 3.05) is 26.4 Å². The Morgan fingerprint density at radius 1 is 1.14 bits per heavy atom. The summed E-state index contributed by atoms with van der Waals surface area (Å²) in [7, 11) is -3.82. The number of fused-ring (bicyclic) bond motifs is 1. The van der Waals surface area contributed by atoms with E-state index in [2.05, 4.69) is 0 Å². The minimum atomic E-state index is -3.51. The molecule has 0 amide bonds. The Labute approximate surface area is 132 Å². The normalized spacial score (nSPS) is 16.7. The third kappa shape index (κ3) is 3.34. The van der Waals surface area contributed by atoms with Crippen LogP contribution in [-0.2, 0) is 33.0 Å². The fourth-order valence-corrected chi connectivity index (χ4v) is 4.94. The van der Waals surface area contributed by atoms with Gasteiger partial charge >= 0.3 is 0 Å². The molecule has 6 nitrogen and oxygen atoms in total. The number of hydrogen-bond donors (Lipinski definition) is 0. The molecule has 0 atom stereocenters. The molecule has 0 saturated carbocycles. The molecule has 0 spiro atoms. The average molecular weight is 346 g/mol. The zero-order chi connectivity index (χ0) is 16.5. The Hall–Kier alpha value is -0.960. The van der Waals surface area contributed by atoms with Crippen molar-refractivity contribution >= 4 is 20.0 Å². The Kier molecular flexibility index (Phi) is 4.96. The summed E-state index contributed by atoms with van der Waals surface area (Å²) in [5.41, 5.74) is 1.79. The van der Waals surface area contributed by atoms with Crippen molar-refractivity contribution in [3.05, 3.63) is 29.3 Å². The second kappa shape index (κ2) is 6.27. The number of benzene rings is 1. The van der Waals surface area contributed by atoms with Crippen molar-refractivity contribution < 1.29 is 16.8 Å². The van der Waals surface area contributed by atoms with Crippen molar-refractivity contribution in [2.24, 2.45) is 0 Å². The third-order valence-corrected chi connectivity index (χ3v) is 7.62. The van der Waals surface area contributed by atoms with Crippen molar-refractivity contribution in [2.45, 2.75) is 31.2 Å². The topological polar surface area (TPSA) is 74.8 Å². The summed E-state index contributed by atoms with van der Waals surface area (Å²) in [5, 5.41) is 0. The van der Waals surface area contributed by atoms with Gasteiger partial charge < -0.3 is 0 Å². The van der Waals surface area contributed by atoms with Crippen LogP contribution in [0.4, 0.5) is 0 Å². The van der Waals surface area contributed by atoms with Crippen LogP contribution < -0.4 is 0 Å². The van der Waals surface area contributed by atoms with E-state index in [9.17, 15) is 16.8 Å². The standard InChI is InChI=1S/C14H22N2O4S2/c1-4-9-21(17,18)16-8-7-12-5-6-14(10-13(12)11-16)22(19,20)15(2)3/h5-6,10H,4,7-9,11H2,1-3H3. The van der Waals surface area contributed by atoms with Gasteiger partial charge in [0.1, 0.15) is 0 Å². The lowest BCUT2D eigenvalue weighted by atomic mass is 10.0. The first-order valence-electron chi connectivity index (χ1n) is 7.20. The van der Waals surface area contributed by atoms with Gasteiger partial charge in [0.15, 0.2) is 0 Å². The first-order valence-corrected chi connectivity index (χ1v) is 10.3. The van der Waals surface area contributed by atoms with E-state index in [4.69, 9.17) is 0 Å². The van der Waals surface area contributed by atoms with Gasteiger partial charge in [-0.3, -0.25) is 0 Å². The van der Waals surface area contributed by atoms with Crippen molar-refractivity contribution in [3.63, 3.8) is 0 Å². The Morgan fingerprint density at radius 3 is 2.41 bits per heavy atom. The monoisotopic (exact) mass is 346 g/mol. The Bertz CT molecular complexity index is 755. The van der Waals surface area contributed by atoms with E-state index in [1.165, 1.54) is 18.4 Å². The average Bonchev–Trinajstić information content (AvgIpc) is 2.45. The molecule has 1 heterocycles. The number of rotatable bonds is 5. The molecule has 2 rings (SSSR count). The molecule has 0 bridgehead atoms. The summed E-state index contributed by atoms with van der Waals surface area (Å²) in [6.07, 6.45) is 1.18. The zero-order valence-electron chi connectivity index (χ0n) is 13.1. The Balaban J connectivity index is 2.36. The molecular formula is C14H22N2O4S2. The highest BCUT2D eigenvalue weighted by Gasteiger charge is 2.27. The number of hydrogen-bond acceptors (Lipinski definition) is 4. The Morgan fingerprint density at radius 2 is 1.82 bits per heavy atom. The predicted molar refractivity (Wildman–Crippen MR) is 85.5 cm³/mol. The van der Waals surface area contributed by atoms with Gasteiger partial charge in [-0.2, -0.15) is 4.31 Å². The number of nitrogens with zero attached hydrogens (tertiary/aromatic N) is 2. The lowest BCUT2D eigenvalue weighted by Gasteiger charge is -2.28. The van der Waals surface area contributed by atoms with Crippen LogP contribution in [0.2, 0.25) is 0 Å². The SMILES string of the molecule is CCCS(=O)(=O)N1CCc2ccc(S(=O)(=O)N(C)C)cc2C1. The quantitative estimate of drug-likeness (QED) is 0.798. The fraction of sp³-hybridized carbons (Fsp3) is 0.571. The van der Waals surface area contributed by atoms with Crippen LogP contribution >= 0.6 is 0 Å². The molecule has 0 aliphatic carbocycles. The fourth-order valence-electron chi connectivity index (χ4n) is 2.50. The van der Waals surface area contributed by atoms with Gasteiger partial charge in [0.05, 0.1) is 10.6 Å². The molecule has 1 aliphatic rings. The minimum Gasteiger partial charge on any atom is -0.212 e. The maximum absolute atomic E-state index is 12.2. The van der Waals surface area contributed by atoms with Gasteiger partial charge in [0.25, 0.3) is 0 Å². The lowest BCUT2D eigenvalue weighted by molar-refractivity contribution is 0.390. The molecule has 1 aliphatic heterocycles. The highest BCUT2D eigenvalue weighted by atomic mass is 32.2. The number of sulfonamides is 2. The maximum Gasteiger partial charge on any atom is 0.242 e. The summed E-state index contributed by atoms with van der Waals surface area (Å²) in [4.78, 5) is 0.200. The molecule has 0 N–H and O–H groups in total. The van der Waals surface area contributed by atoms with Crippen LogP contribution in [0, 0.1) is 0 Å². The molecule has 0 unspecified atom stereocenters. The molecule has 0 fully saturated rings. The van der Waals surface area contributed by atoms with Gasteiger partial charge in [-0.05, 0) is 36.1 Å². The van der Waals surface area contributed by atoms with Gasteiger partial charge in [-0.15, -0.1) is 0 Å². The van der Waals surface area contributed by atoms with Crippen LogP contribution in [-0.4, -0.2) is 51.8 Å². The second-order valence-electron chi connectivity index (χ2n) is 5.62. The van der Waals surface area contributed by atoms with Gasteiger partial charge in [-0.25, -0.2) is 21.1 Å². The van der Waals surface area contributed by atoms with Crippen molar-refractivity contribution in [1.29, 1.82) is 0 Å². The molecule has 22 heavy (non-hydrogen) atoms. The van der Waals surface area contributed by atoms with Crippen LogP contribution in [0.5, 0.6) is 0 Å². The first kappa shape index (κ1) is 17.4. The van der Waals surface area contributed by atoms with E-state index < -0.39 is 20.0 Å².